The Hall–Kier alpha value is -1.94. The maximum Gasteiger partial charge on any atom is 0.126 e. The summed E-state index contributed by atoms with van der Waals surface area (Å²) in [6, 6.07) is 11.4. The third-order valence-electron chi connectivity index (χ3n) is 3.23. The van der Waals surface area contributed by atoms with Gasteiger partial charge in [-0.25, -0.2) is 9.37 Å². The number of nitrogens with zero attached hydrogens (tertiary/aromatic N) is 1. The van der Waals surface area contributed by atoms with Crippen LogP contribution in [0.2, 0.25) is 0 Å². The molecular formula is C16H15FN2S. The van der Waals surface area contributed by atoms with Crippen LogP contribution in [0.4, 0.5) is 10.1 Å². The molecule has 0 unspecified atom stereocenters. The van der Waals surface area contributed by atoms with Gasteiger partial charge in [0.05, 0.1) is 15.2 Å². The lowest BCUT2D eigenvalue weighted by Crippen LogP contribution is -2.00. The Bertz CT molecular complexity index is 764. The molecule has 0 spiro atoms. The van der Waals surface area contributed by atoms with Gasteiger partial charge in [0.1, 0.15) is 5.82 Å². The van der Waals surface area contributed by atoms with Crippen molar-refractivity contribution in [2.45, 2.75) is 20.4 Å². The van der Waals surface area contributed by atoms with Gasteiger partial charge in [-0.2, -0.15) is 0 Å². The van der Waals surface area contributed by atoms with Crippen LogP contribution < -0.4 is 5.32 Å². The Morgan fingerprint density at radius 1 is 1.15 bits per heavy atom. The third kappa shape index (κ3) is 2.65. The molecule has 3 aromatic rings. The van der Waals surface area contributed by atoms with E-state index < -0.39 is 0 Å². The molecule has 1 aromatic heterocycles. The SMILES string of the molecule is Cc1nc2ccc(NCc3ccc(C)c(F)c3)cc2s1. The number of aryl methyl sites for hydroxylation is 2. The summed E-state index contributed by atoms with van der Waals surface area (Å²) in [5, 5.41) is 4.39. The minimum absolute atomic E-state index is 0.155. The van der Waals surface area contributed by atoms with Crippen LogP contribution in [-0.4, -0.2) is 4.98 Å². The van der Waals surface area contributed by atoms with Crippen LogP contribution in [0.15, 0.2) is 36.4 Å². The molecule has 102 valence electrons. The van der Waals surface area contributed by atoms with Crippen molar-refractivity contribution >= 4 is 27.2 Å². The van der Waals surface area contributed by atoms with Gasteiger partial charge in [0.25, 0.3) is 0 Å². The fraction of sp³-hybridized carbons (Fsp3) is 0.188. The highest BCUT2D eigenvalue weighted by molar-refractivity contribution is 7.18. The van der Waals surface area contributed by atoms with E-state index in [4.69, 9.17) is 0 Å². The fourth-order valence-corrected chi connectivity index (χ4v) is 2.97. The maximum atomic E-state index is 13.5. The predicted molar refractivity (Wildman–Crippen MR) is 82.8 cm³/mol. The monoisotopic (exact) mass is 286 g/mol. The van der Waals surface area contributed by atoms with Crippen LogP contribution in [0.25, 0.3) is 10.2 Å². The first kappa shape index (κ1) is 13.1. The number of thiazole rings is 1. The van der Waals surface area contributed by atoms with Crippen molar-refractivity contribution in [2.75, 3.05) is 5.32 Å². The molecule has 0 atom stereocenters. The van der Waals surface area contributed by atoms with E-state index >= 15 is 0 Å². The first-order chi connectivity index (χ1) is 9.61. The van der Waals surface area contributed by atoms with Crippen LogP contribution in [0, 0.1) is 19.7 Å². The smallest absolute Gasteiger partial charge is 0.126 e. The second-order valence-electron chi connectivity index (χ2n) is 4.85. The molecule has 0 aliphatic rings. The topological polar surface area (TPSA) is 24.9 Å². The van der Waals surface area contributed by atoms with Gasteiger partial charge in [0, 0.05) is 12.2 Å². The molecule has 0 aliphatic carbocycles. The summed E-state index contributed by atoms with van der Waals surface area (Å²) in [6.07, 6.45) is 0. The Morgan fingerprint density at radius 2 is 2.00 bits per heavy atom. The van der Waals surface area contributed by atoms with E-state index in [1.807, 2.05) is 31.2 Å². The predicted octanol–water partition coefficient (Wildman–Crippen LogP) is 4.66. The number of hydrogen-bond acceptors (Lipinski definition) is 3. The maximum absolute atomic E-state index is 13.5. The van der Waals surface area contributed by atoms with Crippen LogP contribution >= 0.6 is 11.3 Å². The number of rotatable bonds is 3. The molecule has 2 nitrogen and oxygen atoms in total. The molecule has 1 N–H and O–H groups in total. The zero-order valence-corrected chi connectivity index (χ0v) is 12.2. The zero-order valence-electron chi connectivity index (χ0n) is 11.4. The Balaban J connectivity index is 1.77. The van der Waals surface area contributed by atoms with Gasteiger partial charge in [0.15, 0.2) is 0 Å². The third-order valence-corrected chi connectivity index (χ3v) is 4.16. The molecule has 0 amide bonds. The number of halogens is 1. The van der Waals surface area contributed by atoms with Crippen LogP contribution in [0.5, 0.6) is 0 Å². The molecule has 3 rings (SSSR count). The van der Waals surface area contributed by atoms with Gasteiger partial charge in [-0.3, -0.25) is 0 Å². The Labute approximate surface area is 121 Å². The molecule has 0 bridgehead atoms. The average Bonchev–Trinajstić information content (AvgIpc) is 2.79. The van der Waals surface area contributed by atoms with E-state index in [0.29, 0.717) is 12.1 Å². The lowest BCUT2D eigenvalue weighted by atomic mass is 10.1. The van der Waals surface area contributed by atoms with Crippen molar-refractivity contribution in [1.82, 2.24) is 4.98 Å². The molecule has 0 saturated heterocycles. The first-order valence-corrected chi connectivity index (χ1v) is 7.29. The van der Waals surface area contributed by atoms with Gasteiger partial charge in [-0.05, 0) is 49.2 Å². The fourth-order valence-electron chi connectivity index (χ4n) is 2.10. The van der Waals surface area contributed by atoms with Crippen molar-refractivity contribution in [3.05, 3.63) is 58.3 Å². The molecule has 0 fully saturated rings. The molecule has 20 heavy (non-hydrogen) atoms. The largest absolute Gasteiger partial charge is 0.381 e. The highest BCUT2D eigenvalue weighted by Crippen LogP contribution is 2.25. The quantitative estimate of drug-likeness (QED) is 0.757. The van der Waals surface area contributed by atoms with Crippen molar-refractivity contribution in [3.8, 4) is 0 Å². The summed E-state index contributed by atoms with van der Waals surface area (Å²) in [6.45, 7) is 4.39. The summed E-state index contributed by atoms with van der Waals surface area (Å²) in [4.78, 5) is 4.44. The van der Waals surface area contributed by atoms with Crippen molar-refractivity contribution in [2.24, 2.45) is 0 Å². The average molecular weight is 286 g/mol. The zero-order chi connectivity index (χ0) is 14.1. The minimum atomic E-state index is -0.155. The van der Waals surface area contributed by atoms with E-state index in [1.54, 1.807) is 24.3 Å². The van der Waals surface area contributed by atoms with E-state index in [1.165, 1.54) is 4.70 Å². The van der Waals surface area contributed by atoms with Gasteiger partial charge in [-0.1, -0.05) is 12.1 Å². The lowest BCUT2D eigenvalue weighted by Gasteiger charge is -2.07. The highest BCUT2D eigenvalue weighted by Gasteiger charge is 2.03. The summed E-state index contributed by atoms with van der Waals surface area (Å²) in [5.41, 5.74) is 3.67. The van der Waals surface area contributed by atoms with Gasteiger partial charge in [0.2, 0.25) is 0 Å². The number of aromatic nitrogens is 1. The van der Waals surface area contributed by atoms with E-state index in [2.05, 4.69) is 16.4 Å². The summed E-state index contributed by atoms with van der Waals surface area (Å²) < 4.78 is 14.7. The molecule has 0 aliphatic heterocycles. The molecule has 4 heteroatoms. The van der Waals surface area contributed by atoms with Crippen molar-refractivity contribution < 1.29 is 4.39 Å². The molecule has 2 aromatic carbocycles. The normalized spacial score (nSPS) is 10.9. The molecule has 0 radical (unpaired) electrons. The standard InChI is InChI=1S/C16H15FN2S/c1-10-3-4-12(7-14(10)17)9-18-13-5-6-15-16(8-13)20-11(2)19-15/h3-8,18H,9H2,1-2H3. The summed E-state index contributed by atoms with van der Waals surface area (Å²) >= 11 is 1.68. The number of benzene rings is 2. The van der Waals surface area contributed by atoms with E-state index in [9.17, 15) is 4.39 Å². The minimum Gasteiger partial charge on any atom is -0.381 e. The highest BCUT2D eigenvalue weighted by atomic mass is 32.1. The lowest BCUT2D eigenvalue weighted by molar-refractivity contribution is 0.616. The van der Waals surface area contributed by atoms with Gasteiger partial charge < -0.3 is 5.32 Å². The Morgan fingerprint density at radius 3 is 2.80 bits per heavy atom. The number of anilines is 1. The molecule has 0 saturated carbocycles. The van der Waals surface area contributed by atoms with Gasteiger partial charge >= 0.3 is 0 Å². The Kier molecular flexibility index (Phi) is 3.40. The van der Waals surface area contributed by atoms with Crippen LogP contribution in [0.1, 0.15) is 16.1 Å². The summed E-state index contributed by atoms with van der Waals surface area (Å²) in [7, 11) is 0. The number of fused-ring (bicyclic) bond motifs is 1. The van der Waals surface area contributed by atoms with Crippen molar-refractivity contribution in [3.63, 3.8) is 0 Å². The van der Waals surface area contributed by atoms with Crippen LogP contribution in [-0.2, 0) is 6.54 Å². The van der Waals surface area contributed by atoms with Gasteiger partial charge in [-0.15, -0.1) is 11.3 Å². The van der Waals surface area contributed by atoms with E-state index in [0.717, 1.165) is 21.8 Å². The summed E-state index contributed by atoms with van der Waals surface area (Å²) in [5.74, 6) is -0.155. The van der Waals surface area contributed by atoms with Crippen molar-refractivity contribution in [1.29, 1.82) is 0 Å². The first-order valence-electron chi connectivity index (χ1n) is 6.48. The van der Waals surface area contributed by atoms with Crippen LogP contribution in [0.3, 0.4) is 0 Å². The number of hydrogen-bond donors (Lipinski definition) is 1. The second kappa shape index (κ2) is 5.21. The van der Waals surface area contributed by atoms with E-state index in [-0.39, 0.29) is 5.82 Å². The second-order valence-corrected chi connectivity index (χ2v) is 6.09. The number of nitrogens with one attached hydrogen (secondary N) is 1. The molecular weight excluding hydrogens is 271 g/mol. The molecule has 1 heterocycles.